The van der Waals surface area contributed by atoms with E-state index >= 15 is 0 Å². The zero-order valence-electron chi connectivity index (χ0n) is 24.7. The number of fused-ring (bicyclic) bond motifs is 2. The molecule has 2 heterocycles. The van der Waals surface area contributed by atoms with Gasteiger partial charge in [0, 0.05) is 29.2 Å². The van der Waals surface area contributed by atoms with E-state index in [1.807, 2.05) is 19.1 Å². The van der Waals surface area contributed by atoms with Gasteiger partial charge in [0.25, 0.3) is 5.91 Å². The second-order valence-electron chi connectivity index (χ2n) is 13.5. The van der Waals surface area contributed by atoms with Crippen molar-refractivity contribution in [3.05, 3.63) is 51.9 Å². The van der Waals surface area contributed by atoms with Gasteiger partial charge in [0.05, 0.1) is 28.7 Å². The van der Waals surface area contributed by atoms with Crippen molar-refractivity contribution in [3.8, 4) is 0 Å². The molecule has 3 aliphatic rings. The zero-order chi connectivity index (χ0) is 30.9. The summed E-state index contributed by atoms with van der Waals surface area (Å²) in [4.78, 5) is 31.4. The van der Waals surface area contributed by atoms with Crippen LogP contribution in [0.3, 0.4) is 0 Å². The number of benzene rings is 1. The average molecular weight is 619 g/mol. The van der Waals surface area contributed by atoms with Gasteiger partial charge in [-0.15, -0.1) is 0 Å². The van der Waals surface area contributed by atoms with E-state index in [0.29, 0.717) is 36.1 Å². The van der Waals surface area contributed by atoms with Crippen molar-refractivity contribution in [2.45, 2.75) is 90.9 Å². The van der Waals surface area contributed by atoms with Gasteiger partial charge in [0.15, 0.2) is 5.69 Å². The monoisotopic (exact) mass is 618 g/mol. The summed E-state index contributed by atoms with van der Waals surface area (Å²) in [5, 5.41) is 15.5. The SMILES string of the molecule is Cc1[nH]c2cccc(Cl)c2c1CCN(C(=O)c1cnn(CC2(C(=O)O)CCCCC2)c1C(F)(F)F)C1CC2C(C1)C2(C)C. The third-order valence-corrected chi connectivity index (χ3v) is 11.1. The first-order chi connectivity index (χ1) is 20.2. The lowest BCUT2D eigenvalue weighted by Gasteiger charge is -2.34. The number of nitrogens with one attached hydrogen (secondary N) is 1. The number of carboxylic acid groups (broad SMARTS) is 1. The highest BCUT2D eigenvalue weighted by Gasteiger charge is 2.63. The number of aliphatic carboxylic acids is 1. The van der Waals surface area contributed by atoms with E-state index in [9.17, 15) is 27.9 Å². The number of alkyl halides is 3. The van der Waals surface area contributed by atoms with Crippen LogP contribution in [0.4, 0.5) is 13.2 Å². The second kappa shape index (κ2) is 10.6. The maximum absolute atomic E-state index is 14.7. The fourth-order valence-corrected chi connectivity index (χ4v) is 8.48. The molecule has 0 aliphatic heterocycles. The Morgan fingerprint density at radius 3 is 2.47 bits per heavy atom. The van der Waals surface area contributed by atoms with Crippen LogP contribution in [-0.2, 0) is 23.9 Å². The third kappa shape index (κ3) is 5.13. The molecule has 6 rings (SSSR count). The lowest BCUT2D eigenvalue weighted by atomic mass is 9.74. The quantitative estimate of drug-likeness (QED) is 0.273. The predicted molar refractivity (Wildman–Crippen MR) is 157 cm³/mol. The molecule has 2 N–H and O–H groups in total. The molecule has 2 atom stereocenters. The summed E-state index contributed by atoms with van der Waals surface area (Å²) in [5.41, 5.74) is -0.123. The highest BCUT2D eigenvalue weighted by Crippen LogP contribution is 2.67. The summed E-state index contributed by atoms with van der Waals surface area (Å²) in [6, 6.07) is 5.39. The van der Waals surface area contributed by atoms with E-state index < -0.39 is 41.3 Å². The van der Waals surface area contributed by atoms with Crippen molar-refractivity contribution in [1.82, 2.24) is 19.7 Å². The first-order valence-corrected chi connectivity index (χ1v) is 15.6. The number of carbonyl (C=O) groups is 2. The van der Waals surface area contributed by atoms with Crippen molar-refractivity contribution < 1.29 is 27.9 Å². The molecule has 7 nitrogen and oxygen atoms in total. The number of rotatable bonds is 8. The number of hydrogen-bond donors (Lipinski definition) is 2. The van der Waals surface area contributed by atoms with Crippen molar-refractivity contribution in [2.75, 3.05) is 6.54 Å². The average Bonchev–Trinajstić information content (AvgIpc) is 3.44. The highest BCUT2D eigenvalue weighted by atomic mass is 35.5. The van der Waals surface area contributed by atoms with Crippen LogP contribution in [0.5, 0.6) is 0 Å². The van der Waals surface area contributed by atoms with Crippen molar-refractivity contribution in [2.24, 2.45) is 22.7 Å². The molecule has 3 aromatic rings. The van der Waals surface area contributed by atoms with Crippen LogP contribution < -0.4 is 0 Å². The number of nitrogens with zero attached hydrogens (tertiary/aromatic N) is 3. The summed E-state index contributed by atoms with van der Waals surface area (Å²) in [5.74, 6) is -0.961. The van der Waals surface area contributed by atoms with Gasteiger partial charge in [0.1, 0.15) is 0 Å². The Hall–Kier alpha value is -3.01. The minimum Gasteiger partial charge on any atom is -0.481 e. The van der Waals surface area contributed by atoms with Crippen LogP contribution >= 0.6 is 11.6 Å². The lowest BCUT2D eigenvalue weighted by molar-refractivity contribution is -0.156. The maximum atomic E-state index is 14.7. The number of amides is 1. The van der Waals surface area contributed by atoms with Gasteiger partial charge < -0.3 is 15.0 Å². The molecule has 1 aromatic carbocycles. The zero-order valence-corrected chi connectivity index (χ0v) is 25.5. The molecule has 3 fully saturated rings. The standard InChI is InChI=1S/C32H38ClF3N4O3/c1-18-20(26-24(33)8-7-9-25(26)38-18)10-13-39(19-14-22-23(15-19)30(22,2)3)28(41)21-16-37-40(27(21)32(34,35)36)17-31(29(42)43)11-5-4-6-12-31/h7-9,16,19,22-23,38H,4-6,10-15,17H2,1-3H3,(H,42,43). The van der Waals surface area contributed by atoms with Gasteiger partial charge in [-0.25, -0.2) is 0 Å². The van der Waals surface area contributed by atoms with Gasteiger partial charge >= 0.3 is 12.1 Å². The third-order valence-electron chi connectivity index (χ3n) is 10.8. The Kier molecular flexibility index (Phi) is 7.38. The number of aryl methyl sites for hydroxylation is 1. The molecule has 0 bridgehead atoms. The van der Waals surface area contributed by atoms with E-state index in [-0.39, 0.29) is 30.8 Å². The lowest BCUT2D eigenvalue weighted by Crippen LogP contribution is -2.42. The number of H-pyrrole nitrogens is 1. The number of aromatic nitrogens is 3. The van der Waals surface area contributed by atoms with Crippen molar-refractivity contribution in [1.29, 1.82) is 0 Å². The van der Waals surface area contributed by atoms with Gasteiger partial charge in [0.2, 0.25) is 0 Å². The summed E-state index contributed by atoms with van der Waals surface area (Å²) in [7, 11) is 0. The first kappa shape index (κ1) is 30.0. The fourth-order valence-electron chi connectivity index (χ4n) is 8.20. The maximum Gasteiger partial charge on any atom is 0.433 e. The Morgan fingerprint density at radius 2 is 1.84 bits per heavy atom. The smallest absolute Gasteiger partial charge is 0.433 e. The van der Waals surface area contributed by atoms with Gasteiger partial charge in [-0.2, -0.15) is 18.3 Å². The minimum atomic E-state index is -4.89. The molecule has 0 spiro atoms. The minimum absolute atomic E-state index is 0.180. The van der Waals surface area contributed by atoms with Crippen molar-refractivity contribution >= 4 is 34.4 Å². The summed E-state index contributed by atoms with van der Waals surface area (Å²) < 4.78 is 44.8. The molecule has 43 heavy (non-hydrogen) atoms. The predicted octanol–water partition coefficient (Wildman–Crippen LogP) is 7.50. The molecule has 3 saturated carbocycles. The van der Waals surface area contributed by atoms with E-state index in [2.05, 4.69) is 23.9 Å². The Labute approximate surface area is 253 Å². The normalized spacial score (nSPS) is 24.2. The van der Waals surface area contributed by atoms with E-state index in [1.54, 1.807) is 11.0 Å². The van der Waals surface area contributed by atoms with Crippen LogP contribution in [-0.4, -0.2) is 49.2 Å². The molecule has 0 saturated heterocycles. The summed E-state index contributed by atoms with van der Waals surface area (Å²) in [6.45, 7) is 6.15. The van der Waals surface area contributed by atoms with Gasteiger partial charge in [-0.05, 0) is 74.0 Å². The van der Waals surface area contributed by atoms with Crippen LogP contribution in [0.1, 0.15) is 86.1 Å². The van der Waals surface area contributed by atoms with Gasteiger partial charge in [-0.3, -0.25) is 14.3 Å². The number of halogens is 4. The number of hydrogen-bond acceptors (Lipinski definition) is 3. The molecular weight excluding hydrogens is 581 g/mol. The van der Waals surface area contributed by atoms with E-state index in [4.69, 9.17) is 11.6 Å². The fraction of sp³-hybridized carbons (Fsp3) is 0.594. The summed E-state index contributed by atoms with van der Waals surface area (Å²) >= 11 is 6.54. The molecular formula is C32H38ClF3N4O3. The molecule has 3 aliphatic carbocycles. The number of carbonyl (C=O) groups excluding carboxylic acids is 1. The first-order valence-electron chi connectivity index (χ1n) is 15.2. The largest absolute Gasteiger partial charge is 0.481 e. The van der Waals surface area contributed by atoms with E-state index in [0.717, 1.165) is 52.3 Å². The molecule has 11 heteroatoms. The molecule has 232 valence electrons. The molecule has 2 aromatic heterocycles. The molecule has 2 unspecified atom stereocenters. The topological polar surface area (TPSA) is 91.2 Å². The Bertz CT molecular complexity index is 1560. The van der Waals surface area contributed by atoms with E-state index in [1.165, 1.54) is 0 Å². The number of aromatic amines is 1. The Morgan fingerprint density at radius 1 is 1.16 bits per heavy atom. The van der Waals surface area contributed by atoms with Crippen LogP contribution in [0, 0.1) is 29.6 Å². The van der Waals surface area contributed by atoms with Gasteiger partial charge in [-0.1, -0.05) is 50.8 Å². The Balaban J connectivity index is 1.34. The van der Waals surface area contributed by atoms with Crippen LogP contribution in [0.25, 0.3) is 10.9 Å². The highest BCUT2D eigenvalue weighted by molar-refractivity contribution is 6.35. The summed E-state index contributed by atoms with van der Waals surface area (Å²) in [6.07, 6.45) is 0.687. The van der Waals surface area contributed by atoms with Crippen molar-refractivity contribution in [3.63, 3.8) is 0 Å². The van der Waals surface area contributed by atoms with Crippen LogP contribution in [0.2, 0.25) is 5.02 Å². The van der Waals surface area contributed by atoms with Crippen LogP contribution in [0.15, 0.2) is 24.4 Å². The number of carboxylic acids is 1. The second-order valence-corrected chi connectivity index (χ2v) is 13.9. The molecule has 1 amide bonds. The molecule has 0 radical (unpaired) electrons.